The molecule has 0 saturated carbocycles. The van der Waals surface area contributed by atoms with Crippen LogP contribution in [0.5, 0.6) is 23.0 Å². The number of allylic oxidation sites excluding steroid dienone is 1. The van der Waals surface area contributed by atoms with Gasteiger partial charge in [-0.25, -0.2) is 4.79 Å². The monoisotopic (exact) mass is 654 g/mol. The number of ether oxygens (including phenoxy) is 2. The Morgan fingerprint density at radius 3 is 2.60 bits per heavy atom. The highest BCUT2D eigenvalue weighted by Gasteiger charge is 2.31. The van der Waals surface area contributed by atoms with Crippen molar-refractivity contribution in [1.29, 1.82) is 0 Å². The van der Waals surface area contributed by atoms with E-state index in [2.05, 4.69) is 10.3 Å². The molecule has 1 aliphatic heterocycles. The van der Waals surface area contributed by atoms with Gasteiger partial charge in [0.05, 0.1) is 13.2 Å². The number of amides is 1. The first kappa shape index (κ1) is 34.1. The maximum absolute atomic E-state index is 13.6. The molecule has 1 unspecified atom stereocenters. The fourth-order valence-electron chi connectivity index (χ4n) is 6.21. The van der Waals surface area contributed by atoms with E-state index < -0.39 is 23.7 Å². The van der Waals surface area contributed by atoms with E-state index in [1.165, 1.54) is 6.07 Å². The molecule has 1 aromatic heterocycles. The number of carbonyl (C=O) groups is 3. The lowest BCUT2D eigenvalue weighted by Crippen LogP contribution is -2.27. The number of Topliss-reactive ketones (excluding diaryl/α,β-unsaturated/α-hetero) is 1. The number of fused-ring (bicyclic) bond motifs is 2. The maximum Gasteiger partial charge on any atom is 0.342 e. The van der Waals surface area contributed by atoms with E-state index in [4.69, 9.17) is 9.47 Å². The Bertz CT molecular complexity index is 1810. The van der Waals surface area contributed by atoms with Crippen LogP contribution >= 0.6 is 0 Å². The van der Waals surface area contributed by atoms with Gasteiger partial charge in [-0.15, -0.1) is 0 Å². The molecule has 48 heavy (non-hydrogen) atoms. The third-order valence-electron chi connectivity index (χ3n) is 8.77. The first-order chi connectivity index (χ1) is 23.1. The van der Waals surface area contributed by atoms with Crippen molar-refractivity contribution in [2.24, 2.45) is 0 Å². The van der Waals surface area contributed by atoms with Crippen LogP contribution in [0, 0.1) is 0 Å². The number of cyclic esters (lactones) is 1. The molecule has 3 aromatic carbocycles. The van der Waals surface area contributed by atoms with E-state index in [-0.39, 0.29) is 46.3 Å². The zero-order chi connectivity index (χ0) is 34.2. The molecule has 0 radical (unpaired) electrons. The minimum Gasteiger partial charge on any atom is -0.508 e. The second-order valence-corrected chi connectivity index (χ2v) is 12.2. The van der Waals surface area contributed by atoms with Crippen LogP contribution in [0.15, 0.2) is 60.8 Å². The molecular formula is C38H42N2O8. The van der Waals surface area contributed by atoms with Crippen molar-refractivity contribution in [1.82, 2.24) is 10.3 Å². The molecule has 0 fully saturated rings. The first-order valence-corrected chi connectivity index (χ1v) is 16.3. The summed E-state index contributed by atoms with van der Waals surface area (Å²) in [6, 6.07) is 13.4. The van der Waals surface area contributed by atoms with Crippen molar-refractivity contribution in [3.63, 3.8) is 0 Å². The van der Waals surface area contributed by atoms with Gasteiger partial charge in [-0.3, -0.25) is 9.59 Å². The average molecular weight is 655 g/mol. The molecule has 252 valence electrons. The normalized spacial score (nSPS) is 16.5. The molecule has 2 heterocycles. The summed E-state index contributed by atoms with van der Waals surface area (Å²) >= 11 is 0. The molecule has 0 spiro atoms. The predicted octanol–water partition coefficient (Wildman–Crippen LogP) is 6.66. The van der Waals surface area contributed by atoms with Crippen LogP contribution in [0.3, 0.4) is 0 Å². The smallest absolute Gasteiger partial charge is 0.342 e. The van der Waals surface area contributed by atoms with Gasteiger partial charge in [-0.05, 0) is 92.1 Å². The number of nitrogens with one attached hydrogen (secondary N) is 2. The molecule has 1 amide bonds. The SMILES string of the molecule is COc1ccc(C(CC(=O)NCCc2c[nH]c3ccc(O)cc23)c2c(O)cc3c(c2O)C(=O)O[C@@H](C)CCCC(=O)CCCC=C3)cc1. The Hall–Kier alpha value is -5.25. The van der Waals surface area contributed by atoms with Gasteiger partial charge in [0.2, 0.25) is 5.91 Å². The van der Waals surface area contributed by atoms with E-state index in [1.54, 1.807) is 68.7 Å². The minimum absolute atomic E-state index is 0.0332. The summed E-state index contributed by atoms with van der Waals surface area (Å²) in [6.45, 7) is 2.05. The van der Waals surface area contributed by atoms with Gasteiger partial charge >= 0.3 is 5.97 Å². The van der Waals surface area contributed by atoms with Crippen molar-refractivity contribution in [3.8, 4) is 23.0 Å². The third-order valence-corrected chi connectivity index (χ3v) is 8.77. The summed E-state index contributed by atoms with van der Waals surface area (Å²) in [4.78, 5) is 42.4. The van der Waals surface area contributed by atoms with Crippen molar-refractivity contribution >= 4 is 34.6 Å². The van der Waals surface area contributed by atoms with Crippen molar-refractivity contribution in [2.75, 3.05) is 13.7 Å². The van der Waals surface area contributed by atoms with Gasteiger partial charge in [0, 0.05) is 54.4 Å². The Morgan fingerprint density at radius 1 is 1.06 bits per heavy atom. The molecule has 10 nitrogen and oxygen atoms in total. The number of phenols is 3. The Balaban J connectivity index is 1.46. The van der Waals surface area contributed by atoms with Gasteiger partial charge < -0.3 is 35.1 Å². The summed E-state index contributed by atoms with van der Waals surface area (Å²) in [6.07, 6.45) is 8.31. The van der Waals surface area contributed by atoms with E-state index in [0.29, 0.717) is 62.8 Å². The van der Waals surface area contributed by atoms with Crippen LogP contribution in [0.25, 0.3) is 17.0 Å². The number of benzene rings is 3. The van der Waals surface area contributed by atoms with Crippen LogP contribution in [0.2, 0.25) is 0 Å². The summed E-state index contributed by atoms with van der Waals surface area (Å²) in [5.41, 5.74) is 2.64. The molecule has 2 atom stereocenters. The number of phenolic OH excluding ortho intramolecular Hbond substituents is 3. The van der Waals surface area contributed by atoms with Crippen LogP contribution in [-0.2, 0) is 20.7 Å². The number of aromatic nitrogens is 1. The number of hydrogen-bond donors (Lipinski definition) is 5. The molecule has 0 saturated heterocycles. The number of ketones is 1. The number of methoxy groups -OCH3 is 1. The zero-order valence-corrected chi connectivity index (χ0v) is 27.3. The fraction of sp³-hybridized carbons (Fsp3) is 0.342. The highest BCUT2D eigenvalue weighted by Crippen LogP contribution is 2.44. The number of hydrogen-bond acceptors (Lipinski definition) is 8. The second kappa shape index (κ2) is 15.6. The maximum atomic E-state index is 13.6. The highest BCUT2D eigenvalue weighted by atomic mass is 16.5. The van der Waals surface area contributed by atoms with Gasteiger partial charge in [-0.1, -0.05) is 24.3 Å². The molecule has 0 bridgehead atoms. The second-order valence-electron chi connectivity index (χ2n) is 12.2. The number of aromatic amines is 1. The Morgan fingerprint density at radius 2 is 1.83 bits per heavy atom. The van der Waals surface area contributed by atoms with E-state index in [1.807, 2.05) is 6.20 Å². The van der Waals surface area contributed by atoms with Crippen molar-refractivity contribution < 1.29 is 39.2 Å². The number of aromatic hydroxyl groups is 3. The molecule has 4 aromatic rings. The Labute approximate surface area is 279 Å². The van der Waals surface area contributed by atoms with Gasteiger partial charge in [0.15, 0.2) is 0 Å². The van der Waals surface area contributed by atoms with E-state index in [0.717, 1.165) is 16.5 Å². The summed E-state index contributed by atoms with van der Waals surface area (Å²) in [5.74, 6) is -1.74. The lowest BCUT2D eigenvalue weighted by Gasteiger charge is -2.23. The van der Waals surface area contributed by atoms with Crippen LogP contribution < -0.4 is 10.1 Å². The van der Waals surface area contributed by atoms with Crippen LogP contribution in [0.4, 0.5) is 0 Å². The summed E-state index contributed by atoms with van der Waals surface area (Å²) in [5, 5.41) is 36.9. The lowest BCUT2D eigenvalue weighted by molar-refractivity contribution is -0.121. The van der Waals surface area contributed by atoms with Gasteiger partial charge in [-0.2, -0.15) is 0 Å². The third kappa shape index (κ3) is 8.17. The molecule has 10 heteroatoms. The van der Waals surface area contributed by atoms with Gasteiger partial charge in [0.1, 0.15) is 34.3 Å². The molecule has 0 aliphatic carbocycles. The minimum atomic E-state index is -0.834. The van der Waals surface area contributed by atoms with E-state index in [9.17, 15) is 29.7 Å². The topological polar surface area (TPSA) is 158 Å². The number of esters is 1. The van der Waals surface area contributed by atoms with Crippen molar-refractivity contribution in [3.05, 3.63) is 88.6 Å². The Kier molecular flexibility index (Phi) is 11.1. The number of H-pyrrole nitrogens is 1. The zero-order valence-electron chi connectivity index (χ0n) is 27.3. The molecule has 1 aliphatic rings. The standard InChI is InChI=1S/C38H42N2O8/c1-23-7-6-10-27(41)9-5-3-4-8-25-19-33(43)36(37(45)35(25)38(46)48-23)31(24-11-14-29(47-2)15-12-24)21-34(44)39-18-17-26-22-40-32-16-13-28(42)20-30(26)32/h4,8,11-16,19-20,22-23,31,40,42-43,45H,3,5-7,9-10,17-18,21H2,1-2H3,(H,39,44)/t23-,31?/m0/s1. The molecule has 5 N–H and O–H groups in total. The summed E-state index contributed by atoms with van der Waals surface area (Å²) in [7, 11) is 1.54. The largest absolute Gasteiger partial charge is 0.508 e. The fourth-order valence-corrected chi connectivity index (χ4v) is 6.21. The first-order valence-electron chi connectivity index (χ1n) is 16.3. The van der Waals surface area contributed by atoms with Crippen LogP contribution in [-0.4, -0.2) is 57.7 Å². The summed E-state index contributed by atoms with van der Waals surface area (Å²) < 4.78 is 11.0. The quantitative estimate of drug-likeness (QED) is 0.132. The number of carbonyl (C=O) groups excluding carboxylic acids is 3. The molecular weight excluding hydrogens is 612 g/mol. The van der Waals surface area contributed by atoms with Crippen LogP contribution in [0.1, 0.15) is 90.4 Å². The lowest BCUT2D eigenvalue weighted by atomic mass is 9.84. The van der Waals surface area contributed by atoms with Crippen molar-refractivity contribution in [2.45, 2.75) is 70.3 Å². The van der Waals surface area contributed by atoms with E-state index >= 15 is 0 Å². The van der Waals surface area contributed by atoms with Gasteiger partial charge in [0.25, 0.3) is 0 Å². The molecule has 5 rings (SSSR count). The number of rotatable bonds is 8. The predicted molar refractivity (Wildman–Crippen MR) is 183 cm³/mol. The highest BCUT2D eigenvalue weighted by molar-refractivity contribution is 5.98. The average Bonchev–Trinajstić information content (AvgIpc) is 3.45.